The number of nitrogens with zero attached hydrogens (tertiary/aromatic N) is 1. The first-order valence-electron chi connectivity index (χ1n) is 7.75. The van der Waals surface area contributed by atoms with Gasteiger partial charge in [0.05, 0.1) is 12.2 Å². The molecule has 2 atom stereocenters. The van der Waals surface area contributed by atoms with E-state index in [9.17, 15) is 4.79 Å². The van der Waals surface area contributed by atoms with Gasteiger partial charge in [-0.2, -0.15) is 11.8 Å². The summed E-state index contributed by atoms with van der Waals surface area (Å²) in [5.74, 6) is 1.16. The van der Waals surface area contributed by atoms with Crippen LogP contribution in [0.25, 0.3) is 0 Å². The van der Waals surface area contributed by atoms with Gasteiger partial charge in [0.1, 0.15) is 0 Å². The van der Waals surface area contributed by atoms with Crippen LogP contribution in [0.1, 0.15) is 43.9 Å². The van der Waals surface area contributed by atoms with Gasteiger partial charge in [-0.25, -0.2) is 4.79 Å². The molecule has 0 aromatic carbocycles. The smallest absolute Gasteiger partial charge is 0.315 e. The first kappa shape index (κ1) is 16.1. The molecule has 0 bridgehead atoms. The molecule has 1 aliphatic carbocycles. The van der Waals surface area contributed by atoms with Crippen LogP contribution in [0.15, 0.2) is 18.3 Å². The van der Waals surface area contributed by atoms with Crippen LogP contribution >= 0.6 is 11.8 Å². The predicted molar refractivity (Wildman–Crippen MR) is 88.5 cm³/mol. The molecule has 0 aliphatic heterocycles. The van der Waals surface area contributed by atoms with Crippen molar-refractivity contribution in [1.29, 1.82) is 0 Å². The topological polar surface area (TPSA) is 54.0 Å². The summed E-state index contributed by atoms with van der Waals surface area (Å²) in [4.78, 5) is 16.3. The zero-order valence-corrected chi connectivity index (χ0v) is 13.7. The Bertz CT molecular complexity index is 465. The van der Waals surface area contributed by atoms with Crippen molar-refractivity contribution in [2.75, 3.05) is 5.75 Å². The van der Waals surface area contributed by atoms with E-state index in [4.69, 9.17) is 0 Å². The van der Waals surface area contributed by atoms with Crippen molar-refractivity contribution in [3.8, 4) is 0 Å². The highest BCUT2D eigenvalue weighted by molar-refractivity contribution is 7.99. The molecule has 0 saturated heterocycles. The summed E-state index contributed by atoms with van der Waals surface area (Å²) in [6, 6.07) is 4.15. The fraction of sp³-hybridized carbons (Fsp3) is 0.625. The number of aromatic nitrogens is 1. The number of pyridine rings is 1. The molecule has 0 unspecified atom stereocenters. The number of aryl methyl sites for hydroxylation is 1. The summed E-state index contributed by atoms with van der Waals surface area (Å²) in [6.45, 7) is 4.69. The highest BCUT2D eigenvalue weighted by atomic mass is 32.2. The molecule has 0 spiro atoms. The first-order valence-corrected chi connectivity index (χ1v) is 8.80. The molecule has 116 valence electrons. The van der Waals surface area contributed by atoms with E-state index in [0.29, 0.717) is 17.8 Å². The molecule has 1 saturated carbocycles. The Morgan fingerprint density at radius 3 is 3.10 bits per heavy atom. The second-order valence-electron chi connectivity index (χ2n) is 5.53. The van der Waals surface area contributed by atoms with Crippen LogP contribution in [0.3, 0.4) is 0 Å². The Labute approximate surface area is 131 Å². The second kappa shape index (κ2) is 8.27. The third-order valence-corrected chi connectivity index (χ3v) is 5.13. The number of urea groups is 1. The third-order valence-electron chi connectivity index (χ3n) is 3.90. The van der Waals surface area contributed by atoms with Gasteiger partial charge in [-0.05, 0) is 43.6 Å². The maximum absolute atomic E-state index is 12.0. The molecular weight excluding hydrogens is 282 g/mol. The molecule has 1 aliphatic rings. The van der Waals surface area contributed by atoms with Crippen molar-refractivity contribution < 1.29 is 4.79 Å². The Balaban J connectivity index is 1.75. The number of carbonyl (C=O) groups excluding carboxylic acids is 1. The zero-order valence-electron chi connectivity index (χ0n) is 12.9. The largest absolute Gasteiger partial charge is 0.335 e. The normalized spacial score (nSPS) is 21.8. The van der Waals surface area contributed by atoms with Crippen molar-refractivity contribution in [3.63, 3.8) is 0 Å². The van der Waals surface area contributed by atoms with Gasteiger partial charge in [-0.15, -0.1) is 0 Å². The van der Waals surface area contributed by atoms with E-state index in [-0.39, 0.29) is 6.03 Å². The molecule has 1 fully saturated rings. The quantitative estimate of drug-likeness (QED) is 0.878. The number of thioether (sulfide) groups is 1. The summed E-state index contributed by atoms with van der Waals surface area (Å²) < 4.78 is 0. The number of rotatable bonds is 5. The SMILES string of the molecule is CCS[C@@H]1CCC[C@H](NC(=O)NCc2ncccc2C)C1. The Morgan fingerprint density at radius 1 is 1.48 bits per heavy atom. The Morgan fingerprint density at radius 2 is 2.33 bits per heavy atom. The molecule has 4 nitrogen and oxygen atoms in total. The van der Waals surface area contributed by atoms with Gasteiger partial charge >= 0.3 is 6.03 Å². The van der Waals surface area contributed by atoms with E-state index in [0.717, 1.165) is 29.9 Å². The molecule has 1 aromatic rings. The minimum Gasteiger partial charge on any atom is -0.335 e. The van der Waals surface area contributed by atoms with Crippen LogP contribution in [-0.2, 0) is 6.54 Å². The lowest BCUT2D eigenvalue weighted by Crippen LogP contribution is -2.44. The lowest BCUT2D eigenvalue weighted by atomic mass is 9.95. The van der Waals surface area contributed by atoms with E-state index in [1.165, 1.54) is 12.8 Å². The van der Waals surface area contributed by atoms with Crippen LogP contribution in [-0.4, -0.2) is 28.1 Å². The van der Waals surface area contributed by atoms with Crippen molar-refractivity contribution >= 4 is 17.8 Å². The highest BCUT2D eigenvalue weighted by Gasteiger charge is 2.23. The van der Waals surface area contributed by atoms with E-state index >= 15 is 0 Å². The van der Waals surface area contributed by atoms with E-state index in [1.807, 2.05) is 30.8 Å². The molecule has 2 amide bonds. The standard InChI is InChI=1S/C16H25N3OS/c1-3-21-14-8-4-7-13(10-14)19-16(20)18-11-15-12(2)6-5-9-17-15/h5-6,9,13-14H,3-4,7-8,10-11H2,1-2H3,(H2,18,19,20)/t13-,14+/m0/s1. The summed E-state index contributed by atoms with van der Waals surface area (Å²) in [7, 11) is 0. The molecule has 2 N–H and O–H groups in total. The van der Waals surface area contributed by atoms with Gasteiger partial charge in [0, 0.05) is 17.5 Å². The Hall–Kier alpha value is -1.23. The van der Waals surface area contributed by atoms with Crippen molar-refractivity contribution in [3.05, 3.63) is 29.6 Å². The number of hydrogen-bond donors (Lipinski definition) is 2. The van der Waals surface area contributed by atoms with E-state index in [2.05, 4.69) is 22.5 Å². The van der Waals surface area contributed by atoms with Gasteiger partial charge in [0.25, 0.3) is 0 Å². The van der Waals surface area contributed by atoms with Gasteiger partial charge in [-0.3, -0.25) is 4.98 Å². The molecule has 21 heavy (non-hydrogen) atoms. The second-order valence-corrected chi connectivity index (χ2v) is 7.11. The van der Waals surface area contributed by atoms with Crippen LogP contribution in [0.4, 0.5) is 4.79 Å². The first-order chi connectivity index (χ1) is 10.2. The van der Waals surface area contributed by atoms with Crippen LogP contribution in [0, 0.1) is 6.92 Å². The average Bonchev–Trinajstić information content (AvgIpc) is 2.47. The van der Waals surface area contributed by atoms with Crippen LogP contribution < -0.4 is 10.6 Å². The molecule has 5 heteroatoms. The number of amides is 2. The maximum atomic E-state index is 12.0. The van der Waals surface area contributed by atoms with E-state index < -0.39 is 0 Å². The van der Waals surface area contributed by atoms with Gasteiger partial charge < -0.3 is 10.6 Å². The van der Waals surface area contributed by atoms with Crippen molar-refractivity contribution in [2.45, 2.75) is 57.4 Å². The molecule has 1 heterocycles. The molecule has 0 radical (unpaired) electrons. The lowest BCUT2D eigenvalue weighted by molar-refractivity contribution is 0.232. The van der Waals surface area contributed by atoms with Gasteiger partial charge in [0.15, 0.2) is 0 Å². The monoisotopic (exact) mass is 307 g/mol. The summed E-state index contributed by atoms with van der Waals surface area (Å²) in [5.41, 5.74) is 2.03. The average molecular weight is 307 g/mol. The molecular formula is C16H25N3OS. The fourth-order valence-electron chi connectivity index (χ4n) is 2.77. The van der Waals surface area contributed by atoms with Gasteiger partial charge in [0.2, 0.25) is 0 Å². The van der Waals surface area contributed by atoms with Crippen molar-refractivity contribution in [1.82, 2.24) is 15.6 Å². The third kappa shape index (κ3) is 5.23. The number of nitrogens with one attached hydrogen (secondary N) is 2. The van der Waals surface area contributed by atoms with E-state index in [1.54, 1.807) is 6.20 Å². The summed E-state index contributed by atoms with van der Waals surface area (Å²) >= 11 is 2.01. The lowest BCUT2D eigenvalue weighted by Gasteiger charge is -2.29. The summed E-state index contributed by atoms with van der Waals surface area (Å²) in [6.07, 6.45) is 6.44. The minimum absolute atomic E-state index is 0.0767. The maximum Gasteiger partial charge on any atom is 0.315 e. The Kier molecular flexibility index (Phi) is 6.36. The fourth-order valence-corrected chi connectivity index (χ4v) is 3.94. The zero-order chi connectivity index (χ0) is 15.1. The van der Waals surface area contributed by atoms with Crippen molar-refractivity contribution in [2.24, 2.45) is 0 Å². The van der Waals surface area contributed by atoms with Gasteiger partial charge in [-0.1, -0.05) is 19.4 Å². The minimum atomic E-state index is -0.0767. The van der Waals surface area contributed by atoms with Crippen LogP contribution in [0.2, 0.25) is 0 Å². The van der Waals surface area contributed by atoms with Crippen LogP contribution in [0.5, 0.6) is 0 Å². The highest BCUT2D eigenvalue weighted by Crippen LogP contribution is 2.28. The predicted octanol–water partition coefficient (Wildman–Crippen LogP) is 3.25. The summed E-state index contributed by atoms with van der Waals surface area (Å²) in [5, 5.41) is 6.72. The molecule has 1 aromatic heterocycles. The molecule has 2 rings (SSSR count). The number of hydrogen-bond acceptors (Lipinski definition) is 3. The number of carbonyl (C=O) groups is 1.